The van der Waals surface area contributed by atoms with Gasteiger partial charge in [0, 0.05) is 18.8 Å². The van der Waals surface area contributed by atoms with E-state index in [1.165, 1.54) is 37.3 Å². The highest BCUT2D eigenvalue weighted by Crippen LogP contribution is 2.31. The Balaban J connectivity index is 2.48. The maximum atomic E-state index is 12.5. The van der Waals surface area contributed by atoms with Crippen molar-refractivity contribution in [3.05, 3.63) is 18.2 Å². The summed E-state index contributed by atoms with van der Waals surface area (Å²) < 4.78 is 44.9. The fourth-order valence-electron chi connectivity index (χ4n) is 2.18. The largest absolute Gasteiger partial charge is 0.493 e. The van der Waals surface area contributed by atoms with Crippen LogP contribution in [0.25, 0.3) is 0 Å². The first-order valence-corrected chi connectivity index (χ1v) is 8.75. The summed E-state index contributed by atoms with van der Waals surface area (Å²) in [6.07, 6.45) is -0.781. The van der Waals surface area contributed by atoms with E-state index in [0.29, 0.717) is 13.2 Å². The summed E-state index contributed by atoms with van der Waals surface area (Å²) in [4.78, 5) is 13.5. The summed E-state index contributed by atoms with van der Waals surface area (Å²) >= 11 is 0. The minimum absolute atomic E-state index is 0.0212. The molecule has 0 heterocycles. The van der Waals surface area contributed by atoms with E-state index in [4.69, 9.17) is 14.2 Å². The Bertz CT molecular complexity index is 603. The van der Waals surface area contributed by atoms with Gasteiger partial charge in [-0.15, -0.1) is 0 Å². The zero-order valence-electron chi connectivity index (χ0n) is 16.5. The van der Waals surface area contributed by atoms with Crippen LogP contribution in [0.4, 0.5) is 19.3 Å². The highest BCUT2D eigenvalue weighted by atomic mass is 19.3. The van der Waals surface area contributed by atoms with Crippen LogP contribution < -0.4 is 14.8 Å². The average Bonchev–Trinajstić information content (AvgIpc) is 2.60. The number of amides is 2. The summed E-state index contributed by atoms with van der Waals surface area (Å²) in [5.41, 5.74) is 0.241. The van der Waals surface area contributed by atoms with E-state index in [1.54, 1.807) is 0 Å². The minimum atomic E-state index is -3.02. The molecule has 1 atom stereocenters. The highest BCUT2D eigenvalue weighted by molar-refractivity contribution is 5.89. The summed E-state index contributed by atoms with van der Waals surface area (Å²) in [5.74, 6) is -0.0873. The standard InChI is InChI=1S/C18H28F2N2O6/c1-12(2)27-8-7-26-11-14(23)10-22(3)18(24)21-13-5-6-15(25-4)16(9-13)28-17(19)20/h5-6,9,12,14,17,23H,7-8,10-11H2,1-4H3,(H,21,24). The number of nitrogens with zero attached hydrogens (tertiary/aromatic N) is 1. The normalized spacial score (nSPS) is 12.2. The molecule has 1 rings (SSSR count). The topological polar surface area (TPSA) is 89.5 Å². The second-order valence-electron chi connectivity index (χ2n) is 6.20. The molecule has 0 saturated carbocycles. The third kappa shape index (κ3) is 9.16. The van der Waals surface area contributed by atoms with Crippen molar-refractivity contribution < 1.29 is 37.6 Å². The number of aliphatic hydroxyl groups excluding tert-OH is 1. The van der Waals surface area contributed by atoms with Gasteiger partial charge in [0.25, 0.3) is 0 Å². The molecule has 1 unspecified atom stereocenters. The molecule has 0 saturated heterocycles. The van der Waals surface area contributed by atoms with Crippen LogP contribution in [0.15, 0.2) is 18.2 Å². The lowest BCUT2D eigenvalue weighted by Crippen LogP contribution is -2.39. The fourth-order valence-corrected chi connectivity index (χ4v) is 2.18. The van der Waals surface area contributed by atoms with Gasteiger partial charge >= 0.3 is 12.6 Å². The zero-order valence-corrected chi connectivity index (χ0v) is 16.5. The summed E-state index contributed by atoms with van der Waals surface area (Å²) in [7, 11) is 2.80. The number of alkyl halides is 2. The van der Waals surface area contributed by atoms with E-state index in [1.807, 2.05) is 13.8 Å². The van der Waals surface area contributed by atoms with Gasteiger partial charge < -0.3 is 34.3 Å². The number of methoxy groups -OCH3 is 1. The Hall–Kier alpha value is -2.17. The van der Waals surface area contributed by atoms with E-state index in [-0.39, 0.29) is 36.4 Å². The number of urea groups is 1. The quantitative estimate of drug-likeness (QED) is 0.519. The van der Waals surface area contributed by atoms with Crippen LogP contribution in [0, 0.1) is 0 Å². The maximum Gasteiger partial charge on any atom is 0.387 e. The first-order chi connectivity index (χ1) is 13.2. The lowest BCUT2D eigenvalue weighted by atomic mass is 10.2. The van der Waals surface area contributed by atoms with Crippen molar-refractivity contribution >= 4 is 11.7 Å². The summed E-state index contributed by atoms with van der Waals surface area (Å²) in [6, 6.07) is 3.58. The van der Waals surface area contributed by atoms with Crippen molar-refractivity contribution in [2.24, 2.45) is 0 Å². The molecule has 28 heavy (non-hydrogen) atoms. The third-order valence-corrected chi connectivity index (χ3v) is 3.45. The molecule has 0 aromatic heterocycles. The number of carbonyl (C=O) groups is 1. The van der Waals surface area contributed by atoms with Crippen LogP contribution in [0.1, 0.15) is 13.8 Å². The molecule has 0 spiro atoms. The number of ether oxygens (including phenoxy) is 4. The first kappa shape index (κ1) is 23.9. The maximum absolute atomic E-state index is 12.5. The van der Waals surface area contributed by atoms with Gasteiger partial charge in [0.15, 0.2) is 11.5 Å². The van der Waals surface area contributed by atoms with Crippen molar-refractivity contribution in [3.8, 4) is 11.5 Å². The number of nitrogens with one attached hydrogen (secondary N) is 1. The number of carbonyl (C=O) groups excluding carboxylic acids is 1. The van der Waals surface area contributed by atoms with Gasteiger partial charge in [0.1, 0.15) is 0 Å². The third-order valence-electron chi connectivity index (χ3n) is 3.45. The van der Waals surface area contributed by atoms with Crippen LogP contribution in [0.3, 0.4) is 0 Å². The Morgan fingerprint density at radius 2 is 1.96 bits per heavy atom. The van der Waals surface area contributed by atoms with E-state index in [2.05, 4.69) is 10.1 Å². The Kier molecular flexibility index (Phi) is 10.5. The van der Waals surface area contributed by atoms with Crippen molar-refractivity contribution in [3.63, 3.8) is 0 Å². The molecular weight excluding hydrogens is 378 g/mol. The number of hydrogen-bond donors (Lipinski definition) is 2. The number of hydrogen-bond acceptors (Lipinski definition) is 6. The zero-order chi connectivity index (χ0) is 21.1. The molecule has 8 nitrogen and oxygen atoms in total. The van der Waals surface area contributed by atoms with Crippen LogP contribution in [-0.2, 0) is 9.47 Å². The number of halogens is 2. The number of rotatable bonds is 12. The average molecular weight is 406 g/mol. The predicted octanol–water partition coefficient (Wildman–Crippen LogP) is 2.56. The molecule has 1 aromatic rings. The Labute approximate surface area is 163 Å². The van der Waals surface area contributed by atoms with Crippen molar-refractivity contribution in [2.45, 2.75) is 32.7 Å². The molecule has 2 N–H and O–H groups in total. The highest BCUT2D eigenvalue weighted by Gasteiger charge is 2.16. The number of benzene rings is 1. The first-order valence-electron chi connectivity index (χ1n) is 8.75. The summed E-state index contributed by atoms with van der Waals surface area (Å²) in [6.45, 7) is 1.62. The monoisotopic (exact) mass is 406 g/mol. The number of likely N-dealkylation sites (N-methyl/N-ethyl adjacent to an activating group) is 1. The molecule has 0 aliphatic rings. The lowest BCUT2D eigenvalue weighted by molar-refractivity contribution is -0.0511. The Morgan fingerprint density at radius 3 is 2.57 bits per heavy atom. The predicted molar refractivity (Wildman–Crippen MR) is 99.2 cm³/mol. The van der Waals surface area contributed by atoms with Gasteiger partial charge in [-0.2, -0.15) is 8.78 Å². The number of aliphatic hydroxyl groups is 1. The molecule has 0 radical (unpaired) electrons. The fraction of sp³-hybridized carbons (Fsp3) is 0.611. The number of anilines is 1. The van der Waals surface area contributed by atoms with Gasteiger partial charge in [0.2, 0.25) is 0 Å². The molecule has 0 fully saturated rings. The molecule has 2 amide bonds. The van der Waals surface area contributed by atoms with Gasteiger partial charge in [-0.25, -0.2) is 4.79 Å². The molecule has 1 aromatic carbocycles. The molecule has 160 valence electrons. The van der Waals surface area contributed by atoms with Crippen LogP contribution in [0.5, 0.6) is 11.5 Å². The van der Waals surface area contributed by atoms with Crippen LogP contribution in [0.2, 0.25) is 0 Å². The molecular formula is C18H28F2N2O6. The minimum Gasteiger partial charge on any atom is -0.493 e. The Morgan fingerprint density at radius 1 is 1.25 bits per heavy atom. The molecule has 10 heteroatoms. The molecule has 0 aliphatic heterocycles. The van der Waals surface area contributed by atoms with Gasteiger partial charge in [-0.3, -0.25) is 0 Å². The van der Waals surface area contributed by atoms with Crippen molar-refractivity contribution in [1.29, 1.82) is 0 Å². The van der Waals surface area contributed by atoms with Crippen LogP contribution in [-0.4, -0.2) is 75.4 Å². The van der Waals surface area contributed by atoms with Crippen molar-refractivity contribution in [1.82, 2.24) is 4.90 Å². The molecule has 0 aliphatic carbocycles. The second kappa shape index (κ2) is 12.3. The SMILES string of the molecule is COc1ccc(NC(=O)N(C)CC(O)COCCOC(C)C)cc1OC(F)F. The van der Waals surface area contributed by atoms with Crippen LogP contribution >= 0.6 is 0 Å². The van der Waals surface area contributed by atoms with E-state index in [0.717, 1.165) is 0 Å². The smallest absolute Gasteiger partial charge is 0.387 e. The van der Waals surface area contributed by atoms with Crippen molar-refractivity contribution in [2.75, 3.05) is 45.8 Å². The molecule has 0 bridgehead atoms. The van der Waals surface area contributed by atoms with E-state index < -0.39 is 18.7 Å². The lowest BCUT2D eigenvalue weighted by Gasteiger charge is -2.21. The summed E-state index contributed by atoms with van der Waals surface area (Å²) in [5, 5.41) is 12.5. The van der Waals surface area contributed by atoms with E-state index in [9.17, 15) is 18.7 Å². The van der Waals surface area contributed by atoms with Gasteiger partial charge in [-0.1, -0.05) is 0 Å². The van der Waals surface area contributed by atoms with Gasteiger partial charge in [-0.05, 0) is 26.0 Å². The van der Waals surface area contributed by atoms with Gasteiger partial charge in [0.05, 0.1) is 45.7 Å². The second-order valence-corrected chi connectivity index (χ2v) is 6.20. The van der Waals surface area contributed by atoms with E-state index >= 15 is 0 Å².